The van der Waals surface area contributed by atoms with Gasteiger partial charge in [0, 0.05) is 34.9 Å². The van der Waals surface area contributed by atoms with E-state index < -0.39 is 4.92 Å². The molecule has 0 aliphatic heterocycles. The van der Waals surface area contributed by atoms with Gasteiger partial charge in [0.1, 0.15) is 0 Å². The molecule has 0 aromatic heterocycles. The summed E-state index contributed by atoms with van der Waals surface area (Å²) >= 11 is 2.18. The molecule has 2 aromatic carbocycles. The van der Waals surface area contributed by atoms with E-state index in [9.17, 15) is 14.9 Å². The van der Waals surface area contributed by atoms with Crippen molar-refractivity contribution >= 4 is 34.2 Å². The van der Waals surface area contributed by atoms with Crippen LogP contribution in [0.5, 0.6) is 0 Å². The van der Waals surface area contributed by atoms with E-state index in [4.69, 9.17) is 0 Å². The van der Waals surface area contributed by atoms with Crippen LogP contribution < -0.4 is 0 Å². The van der Waals surface area contributed by atoms with Gasteiger partial charge in [0.05, 0.1) is 4.92 Å². The SMILES string of the molecule is CN(Cc1cccc([N+](=O)[O-])c1)C(=O)c1ccc(I)cc1. The molecule has 0 heterocycles. The normalized spacial score (nSPS) is 10.2. The van der Waals surface area contributed by atoms with E-state index >= 15 is 0 Å². The zero-order valence-electron chi connectivity index (χ0n) is 11.3. The monoisotopic (exact) mass is 396 g/mol. The molecule has 0 aliphatic carbocycles. The van der Waals surface area contributed by atoms with Gasteiger partial charge in [-0.25, -0.2) is 0 Å². The van der Waals surface area contributed by atoms with Crippen molar-refractivity contribution in [3.8, 4) is 0 Å². The molecule has 108 valence electrons. The smallest absolute Gasteiger partial charge is 0.269 e. The minimum absolute atomic E-state index is 0.0302. The summed E-state index contributed by atoms with van der Waals surface area (Å²) in [5.74, 6) is -0.113. The molecular formula is C15H13IN2O3. The van der Waals surface area contributed by atoms with Gasteiger partial charge in [0.15, 0.2) is 0 Å². The van der Waals surface area contributed by atoms with Gasteiger partial charge in [0.25, 0.3) is 11.6 Å². The number of nitro groups is 1. The third-order valence-electron chi connectivity index (χ3n) is 2.98. The number of nitrogens with zero attached hydrogens (tertiary/aromatic N) is 2. The number of non-ortho nitro benzene ring substituents is 1. The zero-order valence-corrected chi connectivity index (χ0v) is 13.5. The molecule has 0 atom stereocenters. The summed E-state index contributed by atoms with van der Waals surface area (Å²) in [4.78, 5) is 24.1. The van der Waals surface area contributed by atoms with Crippen molar-refractivity contribution in [2.45, 2.75) is 6.54 Å². The van der Waals surface area contributed by atoms with Crippen LogP contribution in [0.3, 0.4) is 0 Å². The molecule has 0 spiro atoms. The maximum absolute atomic E-state index is 12.3. The van der Waals surface area contributed by atoms with Crippen LogP contribution in [0.1, 0.15) is 15.9 Å². The zero-order chi connectivity index (χ0) is 15.4. The summed E-state index contributed by atoms with van der Waals surface area (Å²) in [7, 11) is 1.68. The quantitative estimate of drug-likeness (QED) is 0.452. The molecular weight excluding hydrogens is 383 g/mol. The summed E-state index contributed by atoms with van der Waals surface area (Å²) in [6.07, 6.45) is 0. The lowest BCUT2D eigenvalue weighted by atomic mass is 10.1. The van der Waals surface area contributed by atoms with Crippen LogP contribution in [0.2, 0.25) is 0 Å². The molecule has 0 bridgehead atoms. The van der Waals surface area contributed by atoms with E-state index in [1.807, 2.05) is 12.1 Å². The van der Waals surface area contributed by atoms with Gasteiger partial charge in [-0.05, 0) is 52.4 Å². The van der Waals surface area contributed by atoms with Crippen LogP contribution in [0, 0.1) is 13.7 Å². The van der Waals surface area contributed by atoms with Crippen molar-refractivity contribution in [1.29, 1.82) is 0 Å². The van der Waals surface area contributed by atoms with E-state index in [0.29, 0.717) is 12.1 Å². The van der Waals surface area contributed by atoms with E-state index in [1.54, 1.807) is 36.2 Å². The molecule has 2 aromatic rings. The molecule has 0 unspecified atom stereocenters. The van der Waals surface area contributed by atoms with Gasteiger partial charge in [-0.3, -0.25) is 14.9 Å². The second-order valence-electron chi connectivity index (χ2n) is 4.60. The summed E-state index contributed by atoms with van der Waals surface area (Å²) in [5.41, 5.74) is 1.36. The first-order valence-electron chi connectivity index (χ1n) is 6.22. The summed E-state index contributed by atoms with van der Waals surface area (Å²) < 4.78 is 1.06. The maximum atomic E-state index is 12.3. The molecule has 0 aliphatic rings. The second kappa shape index (κ2) is 6.66. The van der Waals surface area contributed by atoms with Crippen LogP contribution >= 0.6 is 22.6 Å². The fourth-order valence-corrected chi connectivity index (χ4v) is 2.29. The Hall–Kier alpha value is -1.96. The molecule has 2 rings (SSSR count). The van der Waals surface area contributed by atoms with Crippen LogP contribution in [0.15, 0.2) is 48.5 Å². The lowest BCUT2D eigenvalue weighted by Crippen LogP contribution is -2.26. The Labute approximate surface area is 135 Å². The van der Waals surface area contributed by atoms with E-state index in [2.05, 4.69) is 22.6 Å². The number of benzene rings is 2. The minimum atomic E-state index is -0.440. The fraction of sp³-hybridized carbons (Fsp3) is 0.133. The number of hydrogen-bond acceptors (Lipinski definition) is 3. The van der Waals surface area contributed by atoms with E-state index in [1.165, 1.54) is 12.1 Å². The van der Waals surface area contributed by atoms with Gasteiger partial charge in [-0.1, -0.05) is 12.1 Å². The minimum Gasteiger partial charge on any atom is -0.337 e. The van der Waals surface area contributed by atoms with Gasteiger partial charge >= 0.3 is 0 Å². The van der Waals surface area contributed by atoms with Crippen molar-refractivity contribution < 1.29 is 9.72 Å². The van der Waals surface area contributed by atoms with Crippen molar-refractivity contribution in [1.82, 2.24) is 4.90 Å². The predicted molar refractivity (Wildman–Crippen MR) is 88.1 cm³/mol. The predicted octanol–water partition coefficient (Wildman–Crippen LogP) is 3.47. The highest BCUT2D eigenvalue weighted by atomic mass is 127. The standard InChI is InChI=1S/C15H13IN2O3/c1-17(15(19)12-5-7-13(16)8-6-12)10-11-3-2-4-14(9-11)18(20)21/h2-9H,10H2,1H3. The molecule has 0 fully saturated rings. The van der Waals surface area contributed by atoms with Crippen molar-refractivity contribution in [2.75, 3.05) is 7.05 Å². The first-order chi connectivity index (χ1) is 9.97. The Bertz CT molecular complexity index is 671. The summed E-state index contributed by atoms with van der Waals surface area (Å²) in [6.45, 7) is 0.326. The molecule has 21 heavy (non-hydrogen) atoms. The maximum Gasteiger partial charge on any atom is 0.269 e. The second-order valence-corrected chi connectivity index (χ2v) is 5.84. The van der Waals surface area contributed by atoms with Gasteiger partial charge in [-0.15, -0.1) is 0 Å². The van der Waals surface area contributed by atoms with Crippen LogP contribution in [-0.4, -0.2) is 22.8 Å². The Morgan fingerprint density at radius 1 is 1.24 bits per heavy atom. The first-order valence-corrected chi connectivity index (χ1v) is 7.29. The Kier molecular flexibility index (Phi) is 4.89. The third-order valence-corrected chi connectivity index (χ3v) is 3.70. The average molecular weight is 396 g/mol. The fourth-order valence-electron chi connectivity index (χ4n) is 1.93. The van der Waals surface area contributed by atoms with Gasteiger partial charge in [0.2, 0.25) is 0 Å². The lowest BCUT2D eigenvalue weighted by Gasteiger charge is -2.17. The Morgan fingerprint density at radius 3 is 2.52 bits per heavy atom. The van der Waals surface area contributed by atoms with Crippen LogP contribution in [0.4, 0.5) is 5.69 Å². The topological polar surface area (TPSA) is 63.4 Å². The van der Waals surface area contributed by atoms with Crippen molar-refractivity contribution in [3.63, 3.8) is 0 Å². The number of hydrogen-bond donors (Lipinski definition) is 0. The molecule has 1 amide bonds. The highest BCUT2D eigenvalue weighted by Gasteiger charge is 2.13. The number of rotatable bonds is 4. The highest BCUT2D eigenvalue weighted by Crippen LogP contribution is 2.16. The number of carbonyl (C=O) groups is 1. The van der Waals surface area contributed by atoms with E-state index in [0.717, 1.165) is 9.13 Å². The number of nitro benzene ring substituents is 1. The average Bonchev–Trinajstić information content (AvgIpc) is 2.47. The molecule has 6 heteroatoms. The number of amides is 1. The molecule has 5 nitrogen and oxygen atoms in total. The van der Waals surface area contributed by atoms with Crippen molar-refractivity contribution in [3.05, 3.63) is 73.3 Å². The van der Waals surface area contributed by atoms with Crippen LogP contribution in [0.25, 0.3) is 0 Å². The molecule has 0 radical (unpaired) electrons. The largest absolute Gasteiger partial charge is 0.337 e. The molecule has 0 saturated heterocycles. The molecule has 0 saturated carbocycles. The Morgan fingerprint density at radius 2 is 1.90 bits per heavy atom. The summed E-state index contributed by atoms with van der Waals surface area (Å²) in [6, 6.07) is 13.6. The first kappa shape index (κ1) is 15.4. The Balaban J connectivity index is 2.12. The number of carbonyl (C=O) groups excluding carboxylic acids is 1. The van der Waals surface area contributed by atoms with Crippen LogP contribution in [-0.2, 0) is 6.54 Å². The summed E-state index contributed by atoms with van der Waals surface area (Å²) in [5, 5.41) is 10.8. The third kappa shape index (κ3) is 4.01. The van der Waals surface area contributed by atoms with E-state index in [-0.39, 0.29) is 11.6 Å². The van der Waals surface area contributed by atoms with Crippen molar-refractivity contribution in [2.24, 2.45) is 0 Å². The van der Waals surface area contributed by atoms with Gasteiger partial charge < -0.3 is 4.90 Å². The molecule has 0 N–H and O–H groups in total. The van der Waals surface area contributed by atoms with Gasteiger partial charge in [-0.2, -0.15) is 0 Å². The number of halogens is 1. The lowest BCUT2D eigenvalue weighted by molar-refractivity contribution is -0.384. The highest BCUT2D eigenvalue weighted by molar-refractivity contribution is 14.1.